The Labute approximate surface area is 160 Å². The zero-order valence-electron chi connectivity index (χ0n) is 15.1. The molecule has 0 amide bonds. The number of aliphatic hydroxyl groups excluding tert-OH is 2. The second-order valence-corrected chi connectivity index (χ2v) is 6.38. The van der Waals surface area contributed by atoms with Crippen LogP contribution in [0.2, 0.25) is 0 Å². The van der Waals surface area contributed by atoms with E-state index in [0.717, 1.165) is 11.1 Å². The fourth-order valence-electron chi connectivity index (χ4n) is 2.83. The van der Waals surface area contributed by atoms with Gasteiger partial charge in [0.1, 0.15) is 18.3 Å². The minimum Gasteiger partial charge on any atom is -0.387 e. The van der Waals surface area contributed by atoms with E-state index in [4.69, 9.17) is 4.74 Å². The molecule has 3 aromatic carbocycles. The molecule has 3 nitrogen and oxygen atoms in total. The average Bonchev–Trinajstić information content (AvgIpc) is 2.75. The van der Waals surface area contributed by atoms with Gasteiger partial charge in [0.2, 0.25) is 0 Å². The van der Waals surface area contributed by atoms with Gasteiger partial charge in [-0.05, 0) is 16.7 Å². The van der Waals surface area contributed by atoms with Crippen LogP contribution in [0.4, 0.5) is 0 Å². The third-order valence-electron chi connectivity index (χ3n) is 4.36. The monoisotopic (exact) mass is 360 g/mol. The summed E-state index contributed by atoms with van der Waals surface area (Å²) in [5.41, 5.74) is 2.68. The van der Waals surface area contributed by atoms with E-state index in [2.05, 4.69) is 0 Å². The fraction of sp³-hybridized carbons (Fsp3) is 0.167. The summed E-state index contributed by atoms with van der Waals surface area (Å²) in [5.74, 6) is 0. The van der Waals surface area contributed by atoms with Gasteiger partial charge in [-0.2, -0.15) is 0 Å². The molecule has 0 aliphatic carbocycles. The number of aliphatic hydroxyl groups is 2. The van der Waals surface area contributed by atoms with Crippen LogP contribution in [0.1, 0.15) is 22.8 Å². The van der Waals surface area contributed by atoms with Gasteiger partial charge >= 0.3 is 0 Å². The van der Waals surface area contributed by atoms with Gasteiger partial charge in [-0.25, -0.2) is 0 Å². The Bertz CT molecular complexity index is 816. The summed E-state index contributed by atoms with van der Waals surface area (Å²) in [5, 5.41) is 21.4. The van der Waals surface area contributed by atoms with Crippen molar-refractivity contribution in [2.75, 3.05) is 0 Å². The number of ether oxygens (including phenoxy) is 1. The van der Waals surface area contributed by atoms with Gasteiger partial charge in [-0.1, -0.05) is 103 Å². The van der Waals surface area contributed by atoms with E-state index < -0.39 is 18.3 Å². The molecule has 2 N–H and O–H groups in total. The molecule has 3 rings (SSSR count). The Morgan fingerprint density at radius 1 is 0.741 bits per heavy atom. The smallest absolute Gasteiger partial charge is 0.114 e. The normalized spacial score (nSPS) is 14.7. The largest absolute Gasteiger partial charge is 0.387 e. The lowest BCUT2D eigenvalue weighted by molar-refractivity contribution is -0.0763. The highest BCUT2D eigenvalue weighted by atomic mass is 16.5. The molecule has 3 atom stereocenters. The van der Waals surface area contributed by atoms with Crippen molar-refractivity contribution < 1.29 is 14.9 Å². The molecule has 3 aromatic rings. The summed E-state index contributed by atoms with van der Waals surface area (Å²) in [6.45, 7) is 0.350. The van der Waals surface area contributed by atoms with Gasteiger partial charge in [0.15, 0.2) is 0 Å². The van der Waals surface area contributed by atoms with E-state index in [1.54, 1.807) is 18.2 Å². The second-order valence-electron chi connectivity index (χ2n) is 6.38. The molecule has 0 saturated carbocycles. The molecule has 0 fully saturated rings. The third kappa shape index (κ3) is 5.63. The van der Waals surface area contributed by atoms with Crippen molar-refractivity contribution in [3.05, 3.63) is 114 Å². The standard InChI is InChI=1S/C24H24O3/c25-23(21-14-8-3-9-15-21)24(26)22(17-16-19-10-4-1-5-11-19)27-18-20-12-6-2-7-13-20/h1-17,22-26H,18H2/b17-16+/t22-,23-,24-/m1/s1. The first-order valence-electron chi connectivity index (χ1n) is 9.04. The van der Waals surface area contributed by atoms with Gasteiger partial charge in [-0.15, -0.1) is 0 Å². The maximum Gasteiger partial charge on any atom is 0.114 e. The topological polar surface area (TPSA) is 49.7 Å². The molecule has 0 aliphatic heterocycles. The van der Waals surface area contributed by atoms with Crippen LogP contribution >= 0.6 is 0 Å². The molecule has 0 heterocycles. The summed E-state index contributed by atoms with van der Waals surface area (Å²) in [6.07, 6.45) is 0.926. The highest BCUT2D eigenvalue weighted by Gasteiger charge is 2.26. The van der Waals surface area contributed by atoms with Crippen molar-refractivity contribution in [1.82, 2.24) is 0 Å². The number of benzene rings is 3. The number of hydrogen-bond donors (Lipinski definition) is 2. The van der Waals surface area contributed by atoms with Crippen molar-refractivity contribution >= 4 is 6.08 Å². The molecule has 0 spiro atoms. The minimum absolute atomic E-state index is 0.350. The SMILES string of the molecule is O[C@@H]([C@H](O)c1ccccc1)[C@@H](/C=C/c1ccccc1)OCc1ccccc1. The molecular formula is C24H24O3. The maximum atomic E-state index is 10.8. The number of hydrogen-bond acceptors (Lipinski definition) is 3. The molecule has 0 aliphatic rings. The van der Waals surface area contributed by atoms with E-state index in [1.807, 2.05) is 84.9 Å². The highest BCUT2D eigenvalue weighted by molar-refractivity contribution is 5.49. The Balaban J connectivity index is 1.76. The summed E-state index contributed by atoms with van der Waals surface area (Å²) in [6, 6.07) is 28.7. The Morgan fingerprint density at radius 3 is 1.93 bits per heavy atom. The lowest BCUT2D eigenvalue weighted by Crippen LogP contribution is -2.33. The second kappa shape index (κ2) is 9.83. The zero-order valence-corrected chi connectivity index (χ0v) is 15.1. The van der Waals surface area contributed by atoms with Crippen molar-refractivity contribution in [2.45, 2.75) is 24.9 Å². The summed E-state index contributed by atoms with van der Waals surface area (Å²) < 4.78 is 5.96. The van der Waals surface area contributed by atoms with Gasteiger partial charge in [0.05, 0.1) is 6.61 Å². The minimum atomic E-state index is -1.09. The van der Waals surface area contributed by atoms with E-state index in [9.17, 15) is 10.2 Å². The fourth-order valence-corrected chi connectivity index (χ4v) is 2.83. The van der Waals surface area contributed by atoms with Crippen LogP contribution in [0, 0.1) is 0 Å². The van der Waals surface area contributed by atoms with Crippen LogP contribution in [0.3, 0.4) is 0 Å². The van der Waals surface area contributed by atoms with Gasteiger partial charge in [0, 0.05) is 0 Å². The average molecular weight is 360 g/mol. The molecule has 138 valence electrons. The summed E-state index contributed by atoms with van der Waals surface area (Å²) in [7, 11) is 0. The summed E-state index contributed by atoms with van der Waals surface area (Å²) in [4.78, 5) is 0. The quantitative estimate of drug-likeness (QED) is 0.627. The number of rotatable bonds is 8. The van der Waals surface area contributed by atoms with Crippen molar-refractivity contribution in [3.63, 3.8) is 0 Å². The third-order valence-corrected chi connectivity index (χ3v) is 4.36. The molecule has 0 bridgehead atoms. The molecule has 0 radical (unpaired) electrons. The van der Waals surface area contributed by atoms with E-state index in [1.165, 1.54) is 0 Å². The van der Waals surface area contributed by atoms with Crippen molar-refractivity contribution in [2.24, 2.45) is 0 Å². The first kappa shape index (κ1) is 19.1. The van der Waals surface area contributed by atoms with Gasteiger partial charge in [0.25, 0.3) is 0 Å². The molecule has 0 unspecified atom stereocenters. The Morgan fingerprint density at radius 2 is 1.30 bits per heavy atom. The van der Waals surface area contributed by atoms with Gasteiger partial charge in [-0.3, -0.25) is 0 Å². The van der Waals surface area contributed by atoms with Crippen LogP contribution in [-0.2, 0) is 11.3 Å². The Hall–Kier alpha value is -2.72. The van der Waals surface area contributed by atoms with Crippen molar-refractivity contribution in [3.8, 4) is 0 Å². The molecular weight excluding hydrogens is 336 g/mol. The van der Waals surface area contributed by atoms with Crippen molar-refractivity contribution in [1.29, 1.82) is 0 Å². The predicted octanol–water partition coefficient (Wildman–Crippen LogP) is 4.38. The van der Waals surface area contributed by atoms with Crippen LogP contribution in [0.5, 0.6) is 0 Å². The predicted molar refractivity (Wildman–Crippen MR) is 108 cm³/mol. The van der Waals surface area contributed by atoms with Crippen LogP contribution in [-0.4, -0.2) is 22.4 Å². The maximum absolute atomic E-state index is 10.8. The van der Waals surface area contributed by atoms with Crippen LogP contribution < -0.4 is 0 Å². The van der Waals surface area contributed by atoms with Gasteiger partial charge < -0.3 is 14.9 Å². The van der Waals surface area contributed by atoms with E-state index in [0.29, 0.717) is 12.2 Å². The highest BCUT2D eigenvalue weighted by Crippen LogP contribution is 2.22. The van der Waals surface area contributed by atoms with Crippen LogP contribution in [0.15, 0.2) is 97.1 Å². The van der Waals surface area contributed by atoms with E-state index in [-0.39, 0.29) is 0 Å². The molecule has 0 aromatic heterocycles. The molecule has 3 heteroatoms. The first-order valence-corrected chi connectivity index (χ1v) is 9.04. The molecule has 27 heavy (non-hydrogen) atoms. The lowest BCUT2D eigenvalue weighted by Gasteiger charge is -2.25. The first-order chi connectivity index (χ1) is 13.2. The lowest BCUT2D eigenvalue weighted by atomic mass is 9.99. The molecule has 0 saturated heterocycles. The Kier molecular flexibility index (Phi) is 6.94. The van der Waals surface area contributed by atoms with E-state index >= 15 is 0 Å². The zero-order chi connectivity index (χ0) is 18.9. The summed E-state index contributed by atoms with van der Waals surface area (Å²) >= 11 is 0. The van der Waals surface area contributed by atoms with Crippen LogP contribution in [0.25, 0.3) is 6.08 Å².